The van der Waals surface area contributed by atoms with Gasteiger partial charge in [0.05, 0.1) is 11.4 Å². The van der Waals surface area contributed by atoms with Crippen LogP contribution < -0.4 is 10.6 Å². The van der Waals surface area contributed by atoms with Crippen molar-refractivity contribution in [2.24, 2.45) is 5.73 Å². The fraction of sp³-hybridized carbons (Fsp3) is 0.562. The maximum Gasteiger partial charge on any atom is 0.0775 e. The fourth-order valence-corrected chi connectivity index (χ4v) is 2.14. The number of pyridine rings is 1. The summed E-state index contributed by atoms with van der Waals surface area (Å²) in [7, 11) is 0. The van der Waals surface area contributed by atoms with Crippen molar-refractivity contribution < 1.29 is 0 Å². The summed E-state index contributed by atoms with van der Waals surface area (Å²) >= 11 is 0. The Kier molecular flexibility index (Phi) is 6.57. The fourth-order valence-electron chi connectivity index (χ4n) is 2.14. The molecule has 1 aromatic rings. The topological polar surface area (TPSA) is 42.2 Å². The van der Waals surface area contributed by atoms with Crippen molar-refractivity contribution in [3.05, 3.63) is 36.2 Å². The number of anilines is 1. The summed E-state index contributed by atoms with van der Waals surface area (Å²) < 4.78 is 0. The number of nitrogens with two attached hydrogens (primary N) is 1. The molecular formula is C16H27N3. The molecule has 0 radical (unpaired) electrons. The van der Waals surface area contributed by atoms with Crippen LogP contribution in [0.3, 0.4) is 0 Å². The monoisotopic (exact) mass is 261 g/mol. The zero-order valence-corrected chi connectivity index (χ0v) is 12.5. The number of hydrogen-bond acceptors (Lipinski definition) is 3. The SMILES string of the molecule is C=CCCN(CCC)c1ccc(C(C)C)nc1CN. The smallest absolute Gasteiger partial charge is 0.0775 e. The van der Waals surface area contributed by atoms with E-state index in [1.165, 1.54) is 5.69 Å². The van der Waals surface area contributed by atoms with Crippen LogP contribution in [0.25, 0.3) is 0 Å². The maximum atomic E-state index is 5.87. The predicted molar refractivity (Wildman–Crippen MR) is 83.5 cm³/mol. The van der Waals surface area contributed by atoms with Crippen LogP contribution in [0, 0.1) is 0 Å². The molecule has 0 unspecified atom stereocenters. The molecular weight excluding hydrogens is 234 g/mol. The second-order valence-corrected chi connectivity index (χ2v) is 5.13. The second kappa shape index (κ2) is 7.95. The van der Waals surface area contributed by atoms with Crippen LogP contribution in [0.5, 0.6) is 0 Å². The van der Waals surface area contributed by atoms with E-state index >= 15 is 0 Å². The third-order valence-corrected chi connectivity index (χ3v) is 3.19. The van der Waals surface area contributed by atoms with Crippen molar-refractivity contribution in [1.82, 2.24) is 4.98 Å². The average molecular weight is 261 g/mol. The summed E-state index contributed by atoms with van der Waals surface area (Å²) in [5.41, 5.74) is 9.17. The van der Waals surface area contributed by atoms with E-state index in [0.29, 0.717) is 12.5 Å². The largest absolute Gasteiger partial charge is 0.370 e. The van der Waals surface area contributed by atoms with Gasteiger partial charge in [-0.05, 0) is 30.9 Å². The predicted octanol–water partition coefficient (Wildman–Crippen LogP) is 3.46. The lowest BCUT2D eigenvalue weighted by atomic mass is 10.1. The Balaban J connectivity index is 3.03. The summed E-state index contributed by atoms with van der Waals surface area (Å²) in [5.74, 6) is 0.437. The van der Waals surface area contributed by atoms with Crippen LogP contribution in [0.1, 0.15) is 50.9 Å². The first-order chi connectivity index (χ1) is 9.13. The molecule has 1 heterocycles. The van der Waals surface area contributed by atoms with Gasteiger partial charge in [0.1, 0.15) is 0 Å². The molecule has 3 nitrogen and oxygen atoms in total. The summed E-state index contributed by atoms with van der Waals surface area (Å²) in [6.07, 6.45) is 4.06. The van der Waals surface area contributed by atoms with Crippen LogP contribution in [0.15, 0.2) is 24.8 Å². The van der Waals surface area contributed by atoms with Gasteiger partial charge in [0, 0.05) is 25.3 Å². The summed E-state index contributed by atoms with van der Waals surface area (Å²) in [5, 5.41) is 0. The molecule has 0 bridgehead atoms. The number of rotatable bonds is 8. The van der Waals surface area contributed by atoms with Crippen LogP contribution in [0.4, 0.5) is 5.69 Å². The second-order valence-electron chi connectivity index (χ2n) is 5.13. The maximum absolute atomic E-state index is 5.87. The molecule has 0 amide bonds. The molecule has 0 aliphatic carbocycles. The summed E-state index contributed by atoms with van der Waals surface area (Å²) in [6.45, 7) is 12.8. The quantitative estimate of drug-likeness (QED) is 0.729. The minimum absolute atomic E-state index is 0.437. The Morgan fingerprint density at radius 3 is 2.63 bits per heavy atom. The highest BCUT2D eigenvalue weighted by Crippen LogP contribution is 2.23. The van der Waals surface area contributed by atoms with Gasteiger partial charge in [-0.25, -0.2) is 0 Å². The lowest BCUT2D eigenvalue weighted by Crippen LogP contribution is -2.27. The van der Waals surface area contributed by atoms with Gasteiger partial charge in [-0.15, -0.1) is 6.58 Å². The number of hydrogen-bond donors (Lipinski definition) is 1. The van der Waals surface area contributed by atoms with Crippen molar-refractivity contribution in [2.45, 2.75) is 46.1 Å². The van der Waals surface area contributed by atoms with E-state index in [1.54, 1.807) is 0 Å². The van der Waals surface area contributed by atoms with Gasteiger partial charge in [0.2, 0.25) is 0 Å². The molecule has 0 saturated carbocycles. The highest BCUT2D eigenvalue weighted by atomic mass is 15.1. The molecule has 0 fully saturated rings. The van der Waals surface area contributed by atoms with Gasteiger partial charge >= 0.3 is 0 Å². The minimum atomic E-state index is 0.437. The Morgan fingerprint density at radius 1 is 1.37 bits per heavy atom. The normalized spacial score (nSPS) is 10.8. The van der Waals surface area contributed by atoms with Crippen molar-refractivity contribution in [3.63, 3.8) is 0 Å². The van der Waals surface area contributed by atoms with Crippen LogP contribution in [-0.4, -0.2) is 18.1 Å². The van der Waals surface area contributed by atoms with Crippen LogP contribution in [-0.2, 0) is 6.54 Å². The Labute approximate surface area is 117 Å². The zero-order chi connectivity index (χ0) is 14.3. The van der Waals surface area contributed by atoms with Gasteiger partial charge in [0.25, 0.3) is 0 Å². The molecule has 0 saturated heterocycles. The number of nitrogens with zero attached hydrogens (tertiary/aromatic N) is 2. The molecule has 0 atom stereocenters. The highest BCUT2D eigenvalue weighted by molar-refractivity contribution is 5.51. The van der Waals surface area contributed by atoms with Crippen molar-refractivity contribution >= 4 is 5.69 Å². The molecule has 106 valence electrons. The van der Waals surface area contributed by atoms with E-state index in [1.807, 2.05) is 6.08 Å². The van der Waals surface area contributed by atoms with Gasteiger partial charge in [0.15, 0.2) is 0 Å². The molecule has 0 spiro atoms. The molecule has 1 aromatic heterocycles. The van der Waals surface area contributed by atoms with Gasteiger partial charge in [-0.1, -0.05) is 26.8 Å². The third kappa shape index (κ3) is 4.35. The molecule has 0 aromatic carbocycles. The van der Waals surface area contributed by atoms with Crippen molar-refractivity contribution in [1.29, 1.82) is 0 Å². The zero-order valence-electron chi connectivity index (χ0n) is 12.5. The summed E-state index contributed by atoms with van der Waals surface area (Å²) in [6, 6.07) is 4.29. The Hall–Kier alpha value is -1.35. The molecule has 0 aliphatic heterocycles. The first-order valence-electron chi connectivity index (χ1n) is 7.19. The van der Waals surface area contributed by atoms with Gasteiger partial charge < -0.3 is 10.6 Å². The lowest BCUT2D eigenvalue weighted by molar-refractivity contribution is 0.745. The first-order valence-corrected chi connectivity index (χ1v) is 7.19. The van der Waals surface area contributed by atoms with E-state index in [-0.39, 0.29) is 0 Å². The third-order valence-electron chi connectivity index (χ3n) is 3.19. The van der Waals surface area contributed by atoms with E-state index < -0.39 is 0 Å². The summed E-state index contributed by atoms with van der Waals surface area (Å²) in [4.78, 5) is 7.07. The van der Waals surface area contributed by atoms with Crippen LogP contribution in [0.2, 0.25) is 0 Å². The molecule has 2 N–H and O–H groups in total. The van der Waals surface area contributed by atoms with E-state index in [2.05, 4.69) is 44.4 Å². The van der Waals surface area contributed by atoms with E-state index in [4.69, 9.17) is 10.7 Å². The molecule has 0 aliphatic rings. The van der Waals surface area contributed by atoms with Crippen molar-refractivity contribution in [3.8, 4) is 0 Å². The van der Waals surface area contributed by atoms with Crippen molar-refractivity contribution in [2.75, 3.05) is 18.0 Å². The average Bonchev–Trinajstić information content (AvgIpc) is 2.42. The standard InChI is InChI=1S/C16H27N3/c1-5-7-11-19(10-6-2)16-9-8-14(13(3)4)18-15(16)12-17/h5,8-9,13H,1,6-7,10-12,17H2,2-4H3. The number of aromatic nitrogens is 1. The van der Waals surface area contributed by atoms with Gasteiger partial charge in [-0.3, -0.25) is 4.98 Å². The molecule has 19 heavy (non-hydrogen) atoms. The highest BCUT2D eigenvalue weighted by Gasteiger charge is 2.12. The molecule has 1 rings (SSSR count). The molecule has 3 heteroatoms. The Bertz CT molecular complexity index is 399. The minimum Gasteiger partial charge on any atom is -0.370 e. The first kappa shape index (κ1) is 15.7. The van der Waals surface area contributed by atoms with Gasteiger partial charge in [-0.2, -0.15) is 0 Å². The van der Waals surface area contributed by atoms with Crippen LogP contribution >= 0.6 is 0 Å². The van der Waals surface area contributed by atoms with E-state index in [0.717, 1.165) is 37.3 Å². The lowest BCUT2D eigenvalue weighted by Gasteiger charge is -2.26. The Morgan fingerprint density at radius 2 is 2.11 bits per heavy atom. The van der Waals surface area contributed by atoms with E-state index in [9.17, 15) is 0 Å².